The van der Waals surface area contributed by atoms with E-state index in [1.165, 1.54) is 0 Å². The zero-order chi connectivity index (χ0) is 10.0. The second-order valence-corrected chi connectivity index (χ2v) is 2.56. The summed E-state index contributed by atoms with van der Waals surface area (Å²) < 4.78 is 25.3. The molecule has 0 atom stereocenters. The van der Waals surface area contributed by atoms with Crippen molar-refractivity contribution in [2.75, 3.05) is 0 Å². The largest absolute Gasteiger partial charge is 0.504 e. The number of rotatable bonds is 2. The Morgan fingerprint density at radius 3 is 2.62 bits per heavy atom. The van der Waals surface area contributed by atoms with Gasteiger partial charge in [0.05, 0.1) is 5.56 Å². The number of phenolic OH excluding ortho intramolecular Hbond substituents is 1. The summed E-state index contributed by atoms with van der Waals surface area (Å²) in [5.41, 5.74) is -0.306. The Morgan fingerprint density at radius 1 is 1.46 bits per heavy atom. The van der Waals surface area contributed by atoms with Gasteiger partial charge in [-0.3, -0.25) is 4.79 Å². The van der Waals surface area contributed by atoms with Gasteiger partial charge in [-0.1, -0.05) is 6.92 Å². The average Bonchev–Trinajstić information content (AvgIpc) is 2.10. The fraction of sp³-hybridized carbons (Fsp3) is 0.222. The highest BCUT2D eigenvalue weighted by Gasteiger charge is 2.14. The number of aromatic hydroxyl groups is 1. The van der Waals surface area contributed by atoms with E-state index >= 15 is 0 Å². The lowest BCUT2D eigenvalue weighted by atomic mass is 10.1. The molecule has 0 saturated carbocycles. The van der Waals surface area contributed by atoms with Crippen LogP contribution in [0.1, 0.15) is 23.7 Å². The first-order chi connectivity index (χ1) is 6.06. The number of carbonyl (C=O) groups excluding carboxylic acids is 1. The third kappa shape index (κ3) is 1.83. The minimum Gasteiger partial charge on any atom is -0.504 e. The molecule has 0 spiro atoms. The normalized spacial score (nSPS) is 10.1. The van der Waals surface area contributed by atoms with Gasteiger partial charge < -0.3 is 5.11 Å². The summed E-state index contributed by atoms with van der Waals surface area (Å²) in [4.78, 5) is 11.0. The number of Topliss-reactive ketones (excluding diaryl/α,β-unsaturated/α-hetero) is 1. The van der Waals surface area contributed by atoms with E-state index in [0.29, 0.717) is 6.07 Å². The summed E-state index contributed by atoms with van der Waals surface area (Å²) in [6.07, 6.45) is 0.0937. The van der Waals surface area contributed by atoms with Gasteiger partial charge in [0.25, 0.3) is 0 Å². The number of benzene rings is 1. The molecule has 2 nitrogen and oxygen atoms in total. The quantitative estimate of drug-likeness (QED) is 0.719. The monoisotopic (exact) mass is 186 g/mol. The lowest BCUT2D eigenvalue weighted by Gasteiger charge is -2.02. The highest BCUT2D eigenvalue weighted by molar-refractivity contribution is 5.98. The Hall–Kier alpha value is -1.45. The van der Waals surface area contributed by atoms with E-state index in [-0.39, 0.29) is 12.0 Å². The van der Waals surface area contributed by atoms with Crippen molar-refractivity contribution in [3.05, 3.63) is 29.3 Å². The van der Waals surface area contributed by atoms with Crippen molar-refractivity contribution in [2.24, 2.45) is 0 Å². The van der Waals surface area contributed by atoms with E-state index in [1.807, 2.05) is 0 Å². The van der Waals surface area contributed by atoms with Crippen LogP contribution in [0, 0.1) is 11.6 Å². The van der Waals surface area contributed by atoms with Crippen molar-refractivity contribution in [3.63, 3.8) is 0 Å². The third-order valence-corrected chi connectivity index (χ3v) is 1.65. The first-order valence-corrected chi connectivity index (χ1v) is 3.77. The van der Waals surface area contributed by atoms with Gasteiger partial charge in [0.15, 0.2) is 17.3 Å². The summed E-state index contributed by atoms with van der Waals surface area (Å²) in [6, 6.07) is 1.35. The highest BCUT2D eigenvalue weighted by atomic mass is 19.1. The second-order valence-electron chi connectivity index (χ2n) is 2.56. The van der Waals surface area contributed by atoms with E-state index < -0.39 is 23.2 Å². The van der Waals surface area contributed by atoms with E-state index in [0.717, 1.165) is 6.07 Å². The van der Waals surface area contributed by atoms with Crippen LogP contribution >= 0.6 is 0 Å². The fourth-order valence-electron chi connectivity index (χ4n) is 0.969. The van der Waals surface area contributed by atoms with Crippen molar-refractivity contribution < 1.29 is 18.7 Å². The number of ketones is 1. The molecule has 70 valence electrons. The molecule has 1 rings (SSSR count). The lowest BCUT2D eigenvalue weighted by molar-refractivity contribution is 0.0984. The first kappa shape index (κ1) is 9.64. The maximum absolute atomic E-state index is 12.7. The summed E-state index contributed by atoms with van der Waals surface area (Å²) in [5, 5.41) is 9.06. The van der Waals surface area contributed by atoms with Gasteiger partial charge in [-0.25, -0.2) is 8.78 Å². The Kier molecular flexibility index (Phi) is 2.60. The van der Waals surface area contributed by atoms with Crippen LogP contribution in [0.3, 0.4) is 0 Å². The molecule has 0 unspecified atom stereocenters. The predicted molar refractivity (Wildman–Crippen MR) is 42.6 cm³/mol. The third-order valence-electron chi connectivity index (χ3n) is 1.65. The van der Waals surface area contributed by atoms with Crippen LogP contribution in [-0.2, 0) is 0 Å². The maximum Gasteiger partial charge on any atom is 0.168 e. The summed E-state index contributed by atoms with van der Waals surface area (Å²) in [6.45, 7) is 1.55. The molecule has 13 heavy (non-hydrogen) atoms. The molecule has 0 fully saturated rings. The highest BCUT2D eigenvalue weighted by Crippen LogP contribution is 2.23. The average molecular weight is 186 g/mol. The Balaban J connectivity index is 3.28. The van der Waals surface area contributed by atoms with Crippen LogP contribution < -0.4 is 0 Å². The molecule has 0 saturated heterocycles. The molecular weight excluding hydrogens is 178 g/mol. The van der Waals surface area contributed by atoms with Gasteiger partial charge in [0.1, 0.15) is 5.82 Å². The molecule has 0 aromatic heterocycles. The smallest absolute Gasteiger partial charge is 0.168 e. The molecule has 0 radical (unpaired) electrons. The second kappa shape index (κ2) is 3.51. The van der Waals surface area contributed by atoms with Crippen LogP contribution in [0.25, 0.3) is 0 Å². The Bertz CT molecular complexity index is 348. The van der Waals surface area contributed by atoms with Gasteiger partial charge in [-0.2, -0.15) is 0 Å². The molecule has 0 aliphatic rings. The van der Waals surface area contributed by atoms with E-state index in [9.17, 15) is 13.6 Å². The molecule has 0 amide bonds. The van der Waals surface area contributed by atoms with Crippen molar-refractivity contribution >= 4 is 5.78 Å². The molecular formula is C9H8F2O2. The van der Waals surface area contributed by atoms with Gasteiger partial charge in [-0.05, 0) is 6.07 Å². The van der Waals surface area contributed by atoms with E-state index in [1.54, 1.807) is 6.92 Å². The molecule has 0 aliphatic carbocycles. The van der Waals surface area contributed by atoms with Crippen molar-refractivity contribution in [1.29, 1.82) is 0 Å². The Labute approximate surface area is 73.8 Å². The standard InChI is InChI=1S/C9H8F2O2/c1-2-8(12)6-3-5(10)4-7(11)9(6)13/h3-4,13H,2H2,1H3. The Morgan fingerprint density at radius 2 is 2.08 bits per heavy atom. The SMILES string of the molecule is CCC(=O)c1cc(F)cc(F)c1O. The van der Waals surface area contributed by atoms with Crippen molar-refractivity contribution in [1.82, 2.24) is 0 Å². The summed E-state index contributed by atoms with van der Waals surface area (Å²) >= 11 is 0. The number of halogens is 2. The van der Waals surface area contributed by atoms with E-state index in [2.05, 4.69) is 0 Å². The zero-order valence-corrected chi connectivity index (χ0v) is 6.97. The maximum atomic E-state index is 12.7. The molecule has 0 bridgehead atoms. The molecule has 0 heterocycles. The molecule has 0 aliphatic heterocycles. The number of hydrogen-bond acceptors (Lipinski definition) is 2. The van der Waals surface area contributed by atoms with E-state index in [4.69, 9.17) is 5.11 Å². The summed E-state index contributed by atoms with van der Waals surface area (Å²) in [7, 11) is 0. The van der Waals surface area contributed by atoms with Gasteiger partial charge >= 0.3 is 0 Å². The van der Waals surface area contributed by atoms with Crippen LogP contribution in [0.5, 0.6) is 5.75 Å². The zero-order valence-electron chi connectivity index (χ0n) is 6.97. The van der Waals surface area contributed by atoms with Crippen LogP contribution in [0.15, 0.2) is 12.1 Å². The topological polar surface area (TPSA) is 37.3 Å². The fourth-order valence-corrected chi connectivity index (χ4v) is 0.969. The van der Waals surface area contributed by atoms with Crippen LogP contribution in [0.4, 0.5) is 8.78 Å². The summed E-state index contributed by atoms with van der Waals surface area (Å²) in [5.74, 6) is -3.26. The molecule has 1 N–H and O–H groups in total. The van der Waals surface area contributed by atoms with Gasteiger partial charge in [0, 0.05) is 12.5 Å². The number of phenols is 1. The predicted octanol–water partition coefficient (Wildman–Crippen LogP) is 2.26. The van der Waals surface area contributed by atoms with Crippen LogP contribution in [0.2, 0.25) is 0 Å². The minimum absolute atomic E-state index is 0.0937. The lowest BCUT2D eigenvalue weighted by Crippen LogP contribution is -1.99. The van der Waals surface area contributed by atoms with Crippen LogP contribution in [-0.4, -0.2) is 10.9 Å². The van der Waals surface area contributed by atoms with Gasteiger partial charge in [-0.15, -0.1) is 0 Å². The minimum atomic E-state index is -1.11. The molecule has 1 aromatic carbocycles. The first-order valence-electron chi connectivity index (χ1n) is 3.77. The van der Waals surface area contributed by atoms with Crippen molar-refractivity contribution in [2.45, 2.75) is 13.3 Å². The molecule has 4 heteroatoms. The van der Waals surface area contributed by atoms with Crippen molar-refractivity contribution in [3.8, 4) is 5.75 Å². The molecule has 1 aromatic rings. The van der Waals surface area contributed by atoms with Gasteiger partial charge in [0.2, 0.25) is 0 Å². The number of hydrogen-bond donors (Lipinski definition) is 1. The number of carbonyl (C=O) groups is 1.